The molecule has 2 aliphatic rings. The summed E-state index contributed by atoms with van der Waals surface area (Å²) in [5.74, 6) is -1.95. The first-order chi connectivity index (χ1) is 17.2. The first kappa shape index (κ1) is 27.0. The SMILES string of the molecule is CCOc1cc2c(cc1OC)C(c1cnccn1)=N[C@@H]1CC[C@@H](O)C[C@H]21.O=C(O)C(O)C(O)C(=O)O. The quantitative estimate of drug-likeness (QED) is 0.355. The number of methoxy groups -OCH3 is 1. The number of ether oxygens (including phenoxy) is 2. The van der Waals surface area contributed by atoms with E-state index in [2.05, 4.69) is 16.0 Å². The van der Waals surface area contributed by atoms with E-state index in [1.807, 2.05) is 13.0 Å². The van der Waals surface area contributed by atoms with Gasteiger partial charge in [-0.3, -0.25) is 15.0 Å². The van der Waals surface area contributed by atoms with Gasteiger partial charge in [0.05, 0.1) is 37.8 Å². The number of aliphatic carboxylic acids is 2. The van der Waals surface area contributed by atoms with E-state index in [4.69, 9.17) is 34.9 Å². The summed E-state index contributed by atoms with van der Waals surface area (Å²) in [6, 6.07) is 4.18. The van der Waals surface area contributed by atoms with Gasteiger partial charge in [0, 0.05) is 23.9 Å². The predicted octanol–water partition coefficient (Wildman–Crippen LogP) is 0.609. The Bertz CT molecular complexity index is 1090. The van der Waals surface area contributed by atoms with Crippen LogP contribution < -0.4 is 9.47 Å². The van der Waals surface area contributed by atoms with E-state index in [0.717, 1.165) is 41.1 Å². The van der Waals surface area contributed by atoms with Gasteiger partial charge in [-0.1, -0.05) is 0 Å². The van der Waals surface area contributed by atoms with Gasteiger partial charge in [-0.15, -0.1) is 0 Å². The molecular formula is C24H29N3O9. The molecule has 36 heavy (non-hydrogen) atoms. The number of carboxylic acids is 2. The highest BCUT2D eigenvalue weighted by Crippen LogP contribution is 2.44. The normalized spacial score (nSPS) is 21.9. The van der Waals surface area contributed by atoms with Crippen LogP contribution in [0, 0.1) is 0 Å². The zero-order valence-electron chi connectivity index (χ0n) is 19.8. The van der Waals surface area contributed by atoms with Crippen molar-refractivity contribution >= 4 is 17.7 Å². The lowest BCUT2D eigenvalue weighted by atomic mass is 9.74. The summed E-state index contributed by atoms with van der Waals surface area (Å²) in [6.45, 7) is 2.52. The topological polar surface area (TPSA) is 192 Å². The Morgan fingerprint density at radius 2 is 1.78 bits per heavy atom. The molecule has 2 unspecified atom stereocenters. The number of aliphatic hydroxyl groups is 3. The van der Waals surface area contributed by atoms with Crippen molar-refractivity contribution < 1.29 is 44.6 Å². The second kappa shape index (κ2) is 11.9. The number of aliphatic imine (C=N–C) groups is 1. The number of aromatic nitrogens is 2. The largest absolute Gasteiger partial charge is 0.493 e. The lowest BCUT2D eigenvalue weighted by Gasteiger charge is -2.37. The van der Waals surface area contributed by atoms with Crippen LogP contribution in [0.15, 0.2) is 35.7 Å². The third-order valence-corrected chi connectivity index (χ3v) is 5.98. The van der Waals surface area contributed by atoms with E-state index in [1.165, 1.54) is 0 Å². The van der Waals surface area contributed by atoms with Gasteiger partial charge in [0.1, 0.15) is 5.69 Å². The Hall–Kier alpha value is -3.61. The van der Waals surface area contributed by atoms with Crippen molar-refractivity contribution in [1.82, 2.24) is 9.97 Å². The van der Waals surface area contributed by atoms with E-state index >= 15 is 0 Å². The van der Waals surface area contributed by atoms with Crippen molar-refractivity contribution in [2.75, 3.05) is 13.7 Å². The number of fused-ring (bicyclic) bond motifs is 3. The molecule has 194 valence electrons. The standard InChI is InChI=1S/C20H23N3O3.C4H6O6/c1-3-26-19-9-13-14-8-12(24)4-5-16(14)23-20(15(13)10-18(19)25-2)17-11-21-6-7-22-17;5-1(3(7)8)2(6)4(9)10/h6-7,9-12,14,16,24H,3-5,8H2,1-2H3;1-2,5-6H,(H,7,8)(H,9,10)/t12-,14-,16-;/m1./s1. The van der Waals surface area contributed by atoms with Crippen molar-refractivity contribution in [1.29, 1.82) is 0 Å². The third kappa shape index (κ3) is 5.96. The molecule has 0 saturated heterocycles. The molecule has 12 heteroatoms. The minimum Gasteiger partial charge on any atom is -0.493 e. The molecule has 12 nitrogen and oxygen atoms in total. The maximum Gasteiger partial charge on any atom is 0.335 e. The summed E-state index contributed by atoms with van der Waals surface area (Å²) in [6.07, 6.45) is 2.63. The number of carbonyl (C=O) groups is 2. The zero-order valence-corrected chi connectivity index (χ0v) is 19.8. The second-order valence-corrected chi connectivity index (χ2v) is 8.30. The van der Waals surface area contributed by atoms with Crippen molar-refractivity contribution in [3.05, 3.63) is 47.5 Å². The molecule has 1 fully saturated rings. The molecule has 2 aromatic rings. The lowest BCUT2D eigenvalue weighted by molar-refractivity contribution is -0.165. The van der Waals surface area contributed by atoms with Gasteiger partial charge < -0.3 is 35.0 Å². The summed E-state index contributed by atoms with van der Waals surface area (Å²) in [5.41, 5.74) is 3.73. The van der Waals surface area contributed by atoms with Crippen LogP contribution in [-0.4, -0.2) is 91.2 Å². The molecule has 1 saturated carbocycles. The summed E-state index contributed by atoms with van der Waals surface area (Å²) in [5, 5.41) is 42.7. The van der Waals surface area contributed by atoms with E-state index in [1.54, 1.807) is 25.7 Å². The first-order valence-electron chi connectivity index (χ1n) is 11.4. The summed E-state index contributed by atoms with van der Waals surface area (Å²) >= 11 is 0. The van der Waals surface area contributed by atoms with Gasteiger partial charge >= 0.3 is 11.9 Å². The second-order valence-electron chi connectivity index (χ2n) is 8.30. The molecule has 2 heterocycles. The maximum absolute atomic E-state index is 10.2. The Balaban J connectivity index is 0.000000308. The van der Waals surface area contributed by atoms with Crippen LogP contribution in [0.2, 0.25) is 0 Å². The zero-order chi connectivity index (χ0) is 26.4. The van der Waals surface area contributed by atoms with Gasteiger partial charge in [0.2, 0.25) is 0 Å². The van der Waals surface area contributed by atoms with E-state index in [0.29, 0.717) is 18.8 Å². The smallest absolute Gasteiger partial charge is 0.335 e. The van der Waals surface area contributed by atoms with Gasteiger partial charge in [-0.2, -0.15) is 0 Å². The molecular weight excluding hydrogens is 474 g/mol. The van der Waals surface area contributed by atoms with E-state index in [-0.39, 0.29) is 18.1 Å². The summed E-state index contributed by atoms with van der Waals surface area (Å²) in [4.78, 5) is 33.2. The summed E-state index contributed by atoms with van der Waals surface area (Å²) in [7, 11) is 1.64. The minimum absolute atomic E-state index is 0.144. The van der Waals surface area contributed by atoms with Gasteiger partial charge in [-0.25, -0.2) is 9.59 Å². The van der Waals surface area contributed by atoms with Crippen LogP contribution in [0.3, 0.4) is 0 Å². The molecule has 0 spiro atoms. The number of nitrogens with zero attached hydrogens (tertiary/aromatic N) is 3. The molecule has 0 amide bonds. The van der Waals surface area contributed by atoms with Crippen LogP contribution in [0.4, 0.5) is 0 Å². The highest BCUT2D eigenvalue weighted by Gasteiger charge is 2.37. The third-order valence-electron chi connectivity index (χ3n) is 5.98. The molecule has 1 aliphatic heterocycles. The number of hydrogen-bond acceptors (Lipinski definition) is 10. The average Bonchev–Trinajstić information content (AvgIpc) is 2.88. The minimum atomic E-state index is -2.27. The fraction of sp³-hybridized carbons (Fsp3) is 0.458. The lowest BCUT2D eigenvalue weighted by Crippen LogP contribution is -2.39. The Morgan fingerprint density at radius 3 is 2.33 bits per heavy atom. The molecule has 5 atom stereocenters. The first-order valence-corrected chi connectivity index (χ1v) is 11.4. The molecule has 4 rings (SSSR count). The van der Waals surface area contributed by atoms with Gasteiger partial charge in [-0.05, 0) is 43.9 Å². The van der Waals surface area contributed by atoms with Gasteiger partial charge in [0.15, 0.2) is 23.7 Å². The van der Waals surface area contributed by atoms with E-state index < -0.39 is 24.1 Å². The molecule has 5 N–H and O–H groups in total. The van der Waals surface area contributed by atoms with Crippen LogP contribution in [0.5, 0.6) is 11.5 Å². The monoisotopic (exact) mass is 503 g/mol. The number of hydrogen-bond donors (Lipinski definition) is 5. The highest BCUT2D eigenvalue weighted by atomic mass is 16.5. The van der Waals surface area contributed by atoms with Crippen molar-refractivity contribution in [3.8, 4) is 11.5 Å². The molecule has 0 bridgehead atoms. The summed E-state index contributed by atoms with van der Waals surface area (Å²) < 4.78 is 11.3. The van der Waals surface area contributed by atoms with Crippen LogP contribution in [0.1, 0.15) is 48.9 Å². The van der Waals surface area contributed by atoms with Crippen molar-refractivity contribution in [3.63, 3.8) is 0 Å². The van der Waals surface area contributed by atoms with Crippen molar-refractivity contribution in [2.45, 2.75) is 56.5 Å². The predicted molar refractivity (Wildman–Crippen MR) is 126 cm³/mol. The highest BCUT2D eigenvalue weighted by molar-refractivity contribution is 6.13. The molecule has 0 radical (unpaired) electrons. The number of rotatable bonds is 7. The number of carboxylic acid groups (broad SMARTS) is 2. The number of benzene rings is 1. The maximum atomic E-state index is 10.2. The Kier molecular flexibility index (Phi) is 8.91. The van der Waals surface area contributed by atoms with Crippen LogP contribution in [0.25, 0.3) is 0 Å². The van der Waals surface area contributed by atoms with Gasteiger partial charge in [0.25, 0.3) is 0 Å². The molecule has 1 aromatic heterocycles. The number of aliphatic hydroxyl groups excluding tert-OH is 3. The fourth-order valence-corrected chi connectivity index (χ4v) is 4.27. The van der Waals surface area contributed by atoms with Crippen LogP contribution >= 0.6 is 0 Å². The van der Waals surface area contributed by atoms with Crippen molar-refractivity contribution in [2.24, 2.45) is 4.99 Å². The Morgan fingerprint density at radius 1 is 1.08 bits per heavy atom. The Labute approximate surface area is 206 Å². The molecule has 1 aromatic carbocycles. The fourth-order valence-electron chi connectivity index (χ4n) is 4.27. The molecule has 1 aliphatic carbocycles. The average molecular weight is 504 g/mol. The van der Waals surface area contributed by atoms with E-state index in [9.17, 15) is 14.7 Å². The van der Waals surface area contributed by atoms with Crippen LogP contribution in [-0.2, 0) is 9.59 Å².